The summed E-state index contributed by atoms with van der Waals surface area (Å²) in [5.41, 5.74) is 7.76. The molecule has 0 unspecified atom stereocenters. The van der Waals surface area contributed by atoms with Gasteiger partial charge in [-0.2, -0.15) is 5.10 Å². The summed E-state index contributed by atoms with van der Waals surface area (Å²) in [6, 6.07) is 16.7. The first-order valence-corrected chi connectivity index (χ1v) is 13.5. The van der Waals surface area contributed by atoms with Crippen LogP contribution in [0.15, 0.2) is 89.9 Å². The molecule has 38 heavy (non-hydrogen) atoms. The van der Waals surface area contributed by atoms with Gasteiger partial charge in [-0.05, 0) is 66.3 Å². The maximum atomic E-state index is 12.9. The molecule has 2 aliphatic carbocycles. The number of nitrogens with zero attached hydrogens (tertiary/aromatic N) is 3. The summed E-state index contributed by atoms with van der Waals surface area (Å²) in [6.45, 7) is 3.94. The van der Waals surface area contributed by atoms with Gasteiger partial charge in [-0.25, -0.2) is 0 Å². The molecule has 3 aliphatic rings. The Labute approximate surface area is 223 Å². The van der Waals surface area contributed by atoms with E-state index in [-0.39, 0.29) is 18.1 Å². The van der Waals surface area contributed by atoms with Crippen molar-refractivity contribution >= 4 is 17.8 Å². The number of piperidine rings is 1. The van der Waals surface area contributed by atoms with Crippen LogP contribution in [0.1, 0.15) is 58.3 Å². The fraction of sp³-hybridized carbons (Fsp3) is 0.281. The molecular weight excluding hydrogens is 472 g/mol. The Balaban J connectivity index is 1.13. The molecule has 0 saturated carbocycles. The number of likely N-dealkylation sites (tertiary alicyclic amines) is 1. The van der Waals surface area contributed by atoms with Gasteiger partial charge in [-0.15, -0.1) is 0 Å². The van der Waals surface area contributed by atoms with Crippen molar-refractivity contribution in [3.63, 3.8) is 0 Å². The lowest BCUT2D eigenvalue weighted by molar-refractivity contribution is -0.114. The lowest BCUT2D eigenvalue weighted by Gasteiger charge is -2.26. The first-order valence-electron chi connectivity index (χ1n) is 13.5. The molecule has 1 amide bonds. The van der Waals surface area contributed by atoms with Gasteiger partial charge in [0.25, 0.3) is 5.91 Å². The Bertz CT molecular complexity index is 1460. The van der Waals surface area contributed by atoms with Crippen LogP contribution in [0.2, 0.25) is 0 Å². The van der Waals surface area contributed by atoms with Gasteiger partial charge in [0.1, 0.15) is 0 Å². The maximum Gasteiger partial charge on any atom is 0.258 e. The van der Waals surface area contributed by atoms with Crippen LogP contribution in [-0.4, -0.2) is 39.5 Å². The zero-order valence-corrected chi connectivity index (χ0v) is 21.5. The molecule has 2 aromatic carbocycles. The highest BCUT2D eigenvalue weighted by atomic mass is 16.1. The fourth-order valence-corrected chi connectivity index (χ4v) is 5.54. The van der Waals surface area contributed by atoms with E-state index < -0.39 is 0 Å². The average molecular weight is 505 g/mol. The Morgan fingerprint density at radius 3 is 2.63 bits per heavy atom. The molecule has 1 aliphatic heterocycles. The number of amides is 1. The van der Waals surface area contributed by atoms with E-state index in [2.05, 4.69) is 39.6 Å². The van der Waals surface area contributed by atoms with Crippen molar-refractivity contribution in [3.8, 4) is 0 Å². The maximum absolute atomic E-state index is 12.9. The molecule has 0 spiro atoms. The number of rotatable bonds is 7. The molecule has 6 nitrogen and oxygen atoms in total. The van der Waals surface area contributed by atoms with Crippen LogP contribution in [0.3, 0.4) is 0 Å². The number of benzene rings is 2. The van der Waals surface area contributed by atoms with Crippen molar-refractivity contribution < 1.29 is 9.59 Å². The quantitative estimate of drug-likeness (QED) is 0.488. The lowest BCUT2D eigenvalue weighted by atomic mass is 9.93. The molecule has 1 N–H and O–H groups in total. The van der Waals surface area contributed by atoms with Crippen LogP contribution in [0, 0.1) is 0 Å². The predicted octanol–water partition coefficient (Wildman–Crippen LogP) is 5.07. The summed E-state index contributed by atoms with van der Waals surface area (Å²) in [6.07, 6.45) is 14.0. The van der Waals surface area contributed by atoms with Gasteiger partial charge in [-0.3, -0.25) is 19.2 Å². The Kier molecular flexibility index (Phi) is 6.88. The van der Waals surface area contributed by atoms with E-state index in [0.717, 1.165) is 24.1 Å². The van der Waals surface area contributed by atoms with Crippen molar-refractivity contribution in [2.75, 3.05) is 13.1 Å². The summed E-state index contributed by atoms with van der Waals surface area (Å²) >= 11 is 0. The second-order valence-corrected chi connectivity index (χ2v) is 10.4. The highest BCUT2D eigenvalue weighted by Gasteiger charge is 2.24. The SMILES string of the molecule is O=C1CC=C(NC(=O)c2cnn(Cc3ccccc3)c2)C=C1C1=Cc2cc(CN3CCCCC3)ccc2C1. The highest BCUT2D eigenvalue weighted by molar-refractivity contribution is 6.04. The number of aromatic nitrogens is 2. The van der Waals surface area contributed by atoms with Crippen molar-refractivity contribution in [2.24, 2.45) is 0 Å². The number of Topliss-reactive ketones (excluding diaryl/α,β-unsaturated/α-hetero) is 1. The number of hydrogen-bond donors (Lipinski definition) is 1. The van der Waals surface area contributed by atoms with Gasteiger partial charge in [0.05, 0.1) is 18.3 Å². The van der Waals surface area contributed by atoms with Gasteiger partial charge in [0, 0.05) is 30.4 Å². The standard InChI is InChI=1S/C32H32N4O2/c37-31-12-11-29(34-32(38)28-19-33-36(22-28)21-23-7-3-1-4-8-23)18-30(31)27-16-25-10-9-24(15-26(25)17-27)20-35-13-5-2-6-14-35/h1,3-4,7-11,15,17-19,22H,2,5-6,12-14,16,20-21H2,(H,34,38). The molecule has 1 saturated heterocycles. The minimum Gasteiger partial charge on any atom is -0.322 e. The van der Waals surface area contributed by atoms with E-state index >= 15 is 0 Å². The highest BCUT2D eigenvalue weighted by Crippen LogP contribution is 2.33. The summed E-state index contributed by atoms with van der Waals surface area (Å²) in [7, 11) is 0. The van der Waals surface area contributed by atoms with E-state index in [9.17, 15) is 9.59 Å². The summed E-state index contributed by atoms with van der Waals surface area (Å²) in [5.74, 6) is -0.141. The Morgan fingerprint density at radius 2 is 1.79 bits per heavy atom. The lowest BCUT2D eigenvalue weighted by Crippen LogP contribution is -2.29. The number of fused-ring (bicyclic) bond motifs is 1. The normalized spacial score (nSPS) is 17.5. The van der Waals surface area contributed by atoms with Gasteiger partial charge in [0.2, 0.25) is 0 Å². The van der Waals surface area contributed by atoms with Crippen LogP contribution in [0.25, 0.3) is 6.08 Å². The molecule has 6 heteroatoms. The van der Waals surface area contributed by atoms with E-state index in [1.54, 1.807) is 23.2 Å². The van der Waals surface area contributed by atoms with Crippen molar-refractivity contribution in [1.82, 2.24) is 20.0 Å². The molecule has 6 rings (SSSR count). The topological polar surface area (TPSA) is 67.2 Å². The van der Waals surface area contributed by atoms with Crippen LogP contribution in [0.5, 0.6) is 0 Å². The molecule has 3 aromatic rings. The van der Waals surface area contributed by atoms with E-state index in [0.29, 0.717) is 23.4 Å². The van der Waals surface area contributed by atoms with E-state index in [4.69, 9.17) is 0 Å². The molecule has 2 heterocycles. The number of carbonyl (C=O) groups excluding carboxylic acids is 2. The van der Waals surface area contributed by atoms with Gasteiger partial charge >= 0.3 is 0 Å². The van der Waals surface area contributed by atoms with Crippen molar-refractivity contribution in [3.05, 3.63) is 118 Å². The Hall–Kier alpha value is -4.03. The molecule has 1 fully saturated rings. The number of carbonyl (C=O) groups is 2. The van der Waals surface area contributed by atoms with Crippen LogP contribution in [0.4, 0.5) is 0 Å². The zero-order valence-electron chi connectivity index (χ0n) is 21.5. The number of hydrogen-bond acceptors (Lipinski definition) is 4. The number of ketones is 1. The van der Waals surface area contributed by atoms with Gasteiger partial charge in [0.15, 0.2) is 5.78 Å². The monoisotopic (exact) mass is 504 g/mol. The minimum atomic E-state index is -0.230. The zero-order chi connectivity index (χ0) is 25.9. The third kappa shape index (κ3) is 5.46. The van der Waals surface area contributed by atoms with Crippen LogP contribution in [-0.2, 0) is 24.3 Å². The summed E-state index contributed by atoms with van der Waals surface area (Å²) < 4.78 is 1.75. The van der Waals surface area contributed by atoms with Gasteiger partial charge < -0.3 is 5.32 Å². The first kappa shape index (κ1) is 24.3. The van der Waals surface area contributed by atoms with E-state index in [1.807, 2.05) is 36.4 Å². The Morgan fingerprint density at radius 1 is 0.947 bits per heavy atom. The predicted molar refractivity (Wildman–Crippen MR) is 148 cm³/mol. The van der Waals surface area contributed by atoms with E-state index in [1.165, 1.54) is 49.0 Å². The molecular formula is C32H32N4O2. The van der Waals surface area contributed by atoms with Crippen LogP contribution < -0.4 is 5.32 Å². The van der Waals surface area contributed by atoms with Gasteiger partial charge in [-0.1, -0.05) is 67.1 Å². The average Bonchev–Trinajstić information content (AvgIpc) is 3.58. The fourth-order valence-electron chi connectivity index (χ4n) is 5.54. The first-order chi connectivity index (χ1) is 18.6. The van der Waals surface area contributed by atoms with Crippen molar-refractivity contribution in [1.29, 1.82) is 0 Å². The molecule has 0 bridgehead atoms. The summed E-state index contributed by atoms with van der Waals surface area (Å²) in [4.78, 5) is 28.3. The smallest absolute Gasteiger partial charge is 0.258 e. The number of nitrogens with one attached hydrogen (secondary N) is 1. The number of allylic oxidation sites excluding steroid dienone is 4. The van der Waals surface area contributed by atoms with Crippen LogP contribution >= 0.6 is 0 Å². The molecule has 0 atom stereocenters. The molecule has 1 aromatic heterocycles. The largest absolute Gasteiger partial charge is 0.322 e. The molecule has 0 radical (unpaired) electrons. The van der Waals surface area contributed by atoms with Crippen molar-refractivity contribution in [2.45, 2.75) is 45.2 Å². The second-order valence-electron chi connectivity index (χ2n) is 10.4. The third-order valence-electron chi connectivity index (χ3n) is 7.57. The third-order valence-corrected chi connectivity index (χ3v) is 7.57. The molecule has 192 valence electrons. The summed E-state index contributed by atoms with van der Waals surface area (Å²) in [5, 5.41) is 7.31. The second kappa shape index (κ2) is 10.8. The minimum absolute atomic E-state index is 0.0891.